The third kappa shape index (κ3) is 3.36. The molecule has 1 aromatic rings. The minimum absolute atomic E-state index is 0.160. The smallest absolute Gasteiger partial charge is 0.220 e. The Morgan fingerprint density at radius 3 is 3.00 bits per heavy atom. The first-order valence-corrected chi connectivity index (χ1v) is 6.09. The average molecular weight is 221 g/mol. The topological polar surface area (TPSA) is 57.8 Å². The molecule has 0 atom stereocenters. The van der Waals surface area contributed by atoms with Crippen LogP contribution in [0.3, 0.4) is 0 Å². The number of carbonyl (C=O) groups is 1. The molecular weight excluding hydrogens is 202 g/mol. The molecule has 0 unspecified atom stereocenters. The normalized spacial score (nSPS) is 16.5. The zero-order valence-electron chi connectivity index (χ0n) is 9.54. The first kappa shape index (κ1) is 11.2. The summed E-state index contributed by atoms with van der Waals surface area (Å²) in [5.74, 6) is 0.952. The Morgan fingerprint density at radius 1 is 1.50 bits per heavy atom. The summed E-state index contributed by atoms with van der Waals surface area (Å²) in [4.78, 5) is 11.6. The number of hydrogen-bond donors (Lipinski definition) is 2. The average Bonchev–Trinajstić information content (AvgIpc) is 2.96. The van der Waals surface area contributed by atoms with Gasteiger partial charge in [0.05, 0.1) is 6.20 Å². The van der Waals surface area contributed by atoms with Gasteiger partial charge in [-0.25, -0.2) is 0 Å². The standard InChI is InChI=1S/C12H19N3O/c16-12(6-5-10-3-1-2-4-10)13-7-11-8-14-15-9-11/h8-10H,1-7H2,(H,13,16)(H,14,15). The number of nitrogens with zero attached hydrogens (tertiary/aromatic N) is 1. The van der Waals surface area contributed by atoms with Gasteiger partial charge in [0.1, 0.15) is 0 Å². The van der Waals surface area contributed by atoms with E-state index in [-0.39, 0.29) is 5.91 Å². The van der Waals surface area contributed by atoms with E-state index in [2.05, 4.69) is 15.5 Å². The molecule has 1 saturated carbocycles. The van der Waals surface area contributed by atoms with Crippen LogP contribution >= 0.6 is 0 Å². The molecule has 1 aromatic heterocycles. The summed E-state index contributed by atoms with van der Waals surface area (Å²) in [6.45, 7) is 0.583. The second-order valence-corrected chi connectivity index (χ2v) is 4.57. The van der Waals surface area contributed by atoms with E-state index in [9.17, 15) is 4.79 Å². The maximum absolute atomic E-state index is 11.6. The van der Waals surface area contributed by atoms with Crippen molar-refractivity contribution < 1.29 is 4.79 Å². The van der Waals surface area contributed by atoms with E-state index in [0.717, 1.165) is 17.9 Å². The molecule has 0 aromatic carbocycles. The predicted octanol–water partition coefficient (Wildman–Crippen LogP) is 2.00. The molecule has 0 bridgehead atoms. The maximum atomic E-state index is 11.6. The molecular formula is C12H19N3O. The third-order valence-corrected chi connectivity index (χ3v) is 3.30. The highest BCUT2D eigenvalue weighted by atomic mass is 16.1. The molecule has 1 aliphatic rings. The molecule has 0 radical (unpaired) electrons. The molecule has 88 valence electrons. The lowest BCUT2D eigenvalue weighted by molar-refractivity contribution is -0.121. The van der Waals surface area contributed by atoms with Crippen molar-refractivity contribution in [2.24, 2.45) is 5.92 Å². The van der Waals surface area contributed by atoms with Gasteiger partial charge in [-0.1, -0.05) is 25.7 Å². The molecule has 1 fully saturated rings. The van der Waals surface area contributed by atoms with E-state index in [0.29, 0.717) is 13.0 Å². The second-order valence-electron chi connectivity index (χ2n) is 4.57. The van der Waals surface area contributed by atoms with Crippen molar-refractivity contribution in [2.45, 2.75) is 45.1 Å². The van der Waals surface area contributed by atoms with Crippen LogP contribution in [0.25, 0.3) is 0 Å². The van der Waals surface area contributed by atoms with Crippen LogP contribution in [0.2, 0.25) is 0 Å². The molecule has 1 amide bonds. The highest BCUT2D eigenvalue weighted by Crippen LogP contribution is 2.28. The van der Waals surface area contributed by atoms with Crippen molar-refractivity contribution >= 4 is 5.91 Å². The first-order chi connectivity index (χ1) is 7.84. The van der Waals surface area contributed by atoms with Crippen LogP contribution in [0.1, 0.15) is 44.1 Å². The Bertz CT molecular complexity index is 315. The minimum Gasteiger partial charge on any atom is -0.352 e. The minimum atomic E-state index is 0.160. The molecule has 16 heavy (non-hydrogen) atoms. The summed E-state index contributed by atoms with van der Waals surface area (Å²) in [6, 6.07) is 0. The highest BCUT2D eigenvalue weighted by Gasteiger charge is 2.15. The van der Waals surface area contributed by atoms with E-state index < -0.39 is 0 Å². The molecule has 4 heteroatoms. The molecule has 0 saturated heterocycles. The van der Waals surface area contributed by atoms with Crippen LogP contribution in [0.5, 0.6) is 0 Å². The Morgan fingerprint density at radius 2 is 2.31 bits per heavy atom. The van der Waals surface area contributed by atoms with Crippen molar-refractivity contribution in [2.75, 3.05) is 0 Å². The maximum Gasteiger partial charge on any atom is 0.220 e. The van der Waals surface area contributed by atoms with Crippen molar-refractivity contribution in [3.05, 3.63) is 18.0 Å². The van der Waals surface area contributed by atoms with Gasteiger partial charge in [-0.05, 0) is 12.3 Å². The number of H-pyrrole nitrogens is 1. The van der Waals surface area contributed by atoms with E-state index in [1.165, 1.54) is 25.7 Å². The summed E-state index contributed by atoms with van der Waals surface area (Å²) in [7, 11) is 0. The largest absolute Gasteiger partial charge is 0.352 e. The molecule has 0 spiro atoms. The van der Waals surface area contributed by atoms with Crippen LogP contribution in [-0.4, -0.2) is 16.1 Å². The number of hydrogen-bond acceptors (Lipinski definition) is 2. The van der Waals surface area contributed by atoms with E-state index in [4.69, 9.17) is 0 Å². The summed E-state index contributed by atoms with van der Waals surface area (Å²) in [5, 5.41) is 9.47. The third-order valence-electron chi connectivity index (χ3n) is 3.30. The van der Waals surface area contributed by atoms with Gasteiger partial charge in [0.15, 0.2) is 0 Å². The zero-order chi connectivity index (χ0) is 11.2. The molecule has 2 rings (SSSR count). The van der Waals surface area contributed by atoms with Gasteiger partial charge >= 0.3 is 0 Å². The van der Waals surface area contributed by atoms with E-state index in [1.807, 2.05) is 0 Å². The lowest BCUT2D eigenvalue weighted by Gasteiger charge is -2.08. The molecule has 1 heterocycles. The molecule has 1 aliphatic carbocycles. The van der Waals surface area contributed by atoms with Gasteiger partial charge in [-0.2, -0.15) is 5.10 Å². The number of rotatable bonds is 5. The van der Waals surface area contributed by atoms with Gasteiger partial charge in [-0.15, -0.1) is 0 Å². The van der Waals surface area contributed by atoms with E-state index in [1.54, 1.807) is 12.4 Å². The Balaban J connectivity index is 1.60. The highest BCUT2D eigenvalue weighted by molar-refractivity contribution is 5.75. The van der Waals surface area contributed by atoms with Crippen LogP contribution in [0, 0.1) is 5.92 Å². The van der Waals surface area contributed by atoms with Crippen LogP contribution in [-0.2, 0) is 11.3 Å². The number of nitrogens with one attached hydrogen (secondary N) is 2. The lowest BCUT2D eigenvalue weighted by Crippen LogP contribution is -2.22. The second kappa shape index (κ2) is 5.68. The lowest BCUT2D eigenvalue weighted by atomic mass is 10.0. The van der Waals surface area contributed by atoms with Gasteiger partial charge in [-0.3, -0.25) is 9.89 Å². The van der Waals surface area contributed by atoms with Crippen molar-refractivity contribution in [1.82, 2.24) is 15.5 Å². The van der Waals surface area contributed by atoms with Crippen LogP contribution in [0.15, 0.2) is 12.4 Å². The Labute approximate surface area is 95.8 Å². The van der Waals surface area contributed by atoms with Crippen molar-refractivity contribution in [1.29, 1.82) is 0 Å². The van der Waals surface area contributed by atoms with Gasteiger partial charge in [0, 0.05) is 24.7 Å². The summed E-state index contributed by atoms with van der Waals surface area (Å²) in [5.41, 5.74) is 1.02. The first-order valence-electron chi connectivity index (χ1n) is 6.09. The van der Waals surface area contributed by atoms with Crippen LogP contribution in [0.4, 0.5) is 0 Å². The van der Waals surface area contributed by atoms with Gasteiger partial charge < -0.3 is 5.32 Å². The zero-order valence-corrected chi connectivity index (χ0v) is 9.54. The van der Waals surface area contributed by atoms with Crippen molar-refractivity contribution in [3.8, 4) is 0 Å². The van der Waals surface area contributed by atoms with Gasteiger partial charge in [0.2, 0.25) is 5.91 Å². The molecule has 0 aliphatic heterocycles. The number of carbonyl (C=O) groups excluding carboxylic acids is 1. The van der Waals surface area contributed by atoms with Gasteiger partial charge in [0.25, 0.3) is 0 Å². The fraction of sp³-hybridized carbons (Fsp3) is 0.667. The molecule has 4 nitrogen and oxygen atoms in total. The Kier molecular flexibility index (Phi) is 3.97. The molecule has 2 N–H and O–H groups in total. The number of aromatic amines is 1. The predicted molar refractivity (Wildman–Crippen MR) is 61.6 cm³/mol. The summed E-state index contributed by atoms with van der Waals surface area (Å²) in [6.07, 6.45) is 10.6. The summed E-state index contributed by atoms with van der Waals surface area (Å²) < 4.78 is 0. The Hall–Kier alpha value is -1.32. The van der Waals surface area contributed by atoms with Crippen molar-refractivity contribution in [3.63, 3.8) is 0 Å². The van der Waals surface area contributed by atoms with Crippen LogP contribution < -0.4 is 5.32 Å². The number of aromatic nitrogens is 2. The fourth-order valence-electron chi connectivity index (χ4n) is 2.30. The van der Waals surface area contributed by atoms with E-state index >= 15 is 0 Å². The quantitative estimate of drug-likeness (QED) is 0.799. The summed E-state index contributed by atoms with van der Waals surface area (Å²) >= 11 is 0. The SMILES string of the molecule is O=C(CCC1CCCC1)NCc1cn[nH]c1. The number of amides is 1. The monoisotopic (exact) mass is 221 g/mol. The fourth-order valence-corrected chi connectivity index (χ4v) is 2.30.